The molecule has 0 aliphatic heterocycles. The third-order valence-electron chi connectivity index (χ3n) is 2.54. The van der Waals surface area contributed by atoms with Crippen LogP contribution in [0.5, 0.6) is 0 Å². The van der Waals surface area contributed by atoms with E-state index in [0.29, 0.717) is 17.0 Å². The first-order valence-corrected chi connectivity index (χ1v) is 5.08. The number of nitrogens with zero attached hydrogens (tertiary/aromatic N) is 2. The van der Waals surface area contributed by atoms with Gasteiger partial charge < -0.3 is 0 Å². The molecule has 0 atom stereocenters. The molecule has 2 aromatic heterocycles. The van der Waals surface area contributed by atoms with Gasteiger partial charge in [0.05, 0.1) is 0 Å². The number of H-pyrrole nitrogens is 1. The van der Waals surface area contributed by atoms with Crippen LogP contribution < -0.4 is 5.56 Å². The summed E-state index contributed by atoms with van der Waals surface area (Å²) >= 11 is 0. The molecule has 0 unspecified atom stereocenters. The topological polar surface area (TPSA) is 50.2 Å². The van der Waals surface area contributed by atoms with Crippen LogP contribution in [0.4, 0.5) is 4.39 Å². The minimum absolute atomic E-state index is 0.171. The summed E-state index contributed by atoms with van der Waals surface area (Å²) in [5, 5.41) is 6.83. The third-order valence-corrected chi connectivity index (χ3v) is 2.54. The van der Waals surface area contributed by atoms with Gasteiger partial charge in [0.25, 0.3) is 5.56 Å². The largest absolute Gasteiger partial charge is 0.269 e. The fraction of sp³-hybridized carbons (Fsp3) is 0. The van der Waals surface area contributed by atoms with Gasteiger partial charge in [0.1, 0.15) is 11.5 Å². The van der Waals surface area contributed by atoms with Gasteiger partial charge in [-0.1, -0.05) is 6.07 Å². The molecule has 3 rings (SSSR count). The maximum atomic E-state index is 12.8. The molecule has 1 N–H and O–H groups in total. The summed E-state index contributed by atoms with van der Waals surface area (Å²) < 4.78 is 14.3. The van der Waals surface area contributed by atoms with Gasteiger partial charge in [-0.3, -0.25) is 9.89 Å². The highest BCUT2D eigenvalue weighted by Gasteiger charge is 2.08. The molecular formula is C12H8FN3O. The number of pyridine rings is 1. The van der Waals surface area contributed by atoms with E-state index < -0.39 is 0 Å². The van der Waals surface area contributed by atoms with Crippen LogP contribution in [0, 0.1) is 5.82 Å². The van der Waals surface area contributed by atoms with E-state index in [2.05, 4.69) is 10.2 Å². The van der Waals surface area contributed by atoms with Crippen molar-refractivity contribution in [2.45, 2.75) is 0 Å². The van der Waals surface area contributed by atoms with E-state index >= 15 is 0 Å². The summed E-state index contributed by atoms with van der Waals surface area (Å²) in [7, 11) is 0. The normalized spacial score (nSPS) is 10.9. The molecular weight excluding hydrogens is 221 g/mol. The number of aromatic amines is 1. The van der Waals surface area contributed by atoms with E-state index in [1.807, 2.05) is 0 Å². The number of aromatic nitrogens is 3. The fourth-order valence-corrected chi connectivity index (χ4v) is 1.75. The van der Waals surface area contributed by atoms with Crippen molar-refractivity contribution < 1.29 is 4.39 Å². The number of halogens is 1. The first-order valence-electron chi connectivity index (χ1n) is 5.08. The Morgan fingerprint density at radius 2 is 1.88 bits per heavy atom. The molecule has 84 valence electrons. The third kappa shape index (κ3) is 1.52. The lowest BCUT2D eigenvalue weighted by Crippen LogP contribution is -2.11. The van der Waals surface area contributed by atoms with E-state index in [0.717, 1.165) is 0 Å². The minimum Gasteiger partial charge on any atom is -0.269 e. The number of fused-ring (bicyclic) bond motifs is 1. The van der Waals surface area contributed by atoms with E-state index in [9.17, 15) is 9.18 Å². The lowest BCUT2D eigenvalue weighted by atomic mass is 10.2. The molecule has 0 amide bonds. The molecule has 0 saturated heterocycles. The summed E-state index contributed by atoms with van der Waals surface area (Å²) in [6.45, 7) is 0. The van der Waals surface area contributed by atoms with Crippen LogP contribution in [-0.2, 0) is 0 Å². The molecule has 1 aromatic carbocycles. The summed E-state index contributed by atoms with van der Waals surface area (Å²) in [6.07, 6.45) is 0. The standard InChI is InChI=1S/C12H8FN3O/c13-9-6-4-8(5-7-9)12-15-14-10-2-1-3-11(17)16(10)12/h1-7,14H. The number of hydrogen-bond acceptors (Lipinski definition) is 2. The predicted molar refractivity (Wildman–Crippen MR) is 61.2 cm³/mol. The van der Waals surface area contributed by atoms with Crippen molar-refractivity contribution in [3.8, 4) is 11.4 Å². The molecule has 0 saturated carbocycles. The molecule has 3 aromatic rings. The minimum atomic E-state index is -0.319. The molecule has 17 heavy (non-hydrogen) atoms. The highest BCUT2D eigenvalue weighted by atomic mass is 19.1. The zero-order valence-electron chi connectivity index (χ0n) is 8.72. The van der Waals surface area contributed by atoms with Gasteiger partial charge in [0.2, 0.25) is 0 Å². The van der Waals surface area contributed by atoms with Gasteiger partial charge >= 0.3 is 0 Å². The first-order chi connectivity index (χ1) is 8.25. The summed E-state index contributed by atoms with van der Waals surface area (Å²) in [6, 6.07) is 10.7. The molecule has 5 heteroatoms. The number of hydrogen-bond donors (Lipinski definition) is 1. The van der Waals surface area contributed by atoms with Crippen molar-refractivity contribution in [2.75, 3.05) is 0 Å². The van der Waals surface area contributed by atoms with Crippen molar-refractivity contribution in [2.24, 2.45) is 0 Å². The Bertz CT molecular complexity index is 727. The molecule has 0 aliphatic rings. The smallest absolute Gasteiger partial charge is 0.257 e. The first kappa shape index (κ1) is 9.77. The summed E-state index contributed by atoms with van der Waals surface area (Å²) in [4.78, 5) is 11.7. The zero-order chi connectivity index (χ0) is 11.8. The Hall–Kier alpha value is -2.43. The Morgan fingerprint density at radius 3 is 2.65 bits per heavy atom. The molecule has 0 radical (unpaired) electrons. The van der Waals surface area contributed by atoms with Crippen LogP contribution >= 0.6 is 0 Å². The van der Waals surface area contributed by atoms with Crippen molar-refractivity contribution in [3.05, 3.63) is 58.6 Å². The Morgan fingerprint density at radius 1 is 1.12 bits per heavy atom. The molecule has 0 spiro atoms. The maximum absolute atomic E-state index is 12.8. The lowest BCUT2D eigenvalue weighted by molar-refractivity contribution is 0.628. The van der Waals surface area contributed by atoms with Crippen molar-refractivity contribution in [3.63, 3.8) is 0 Å². The maximum Gasteiger partial charge on any atom is 0.257 e. The summed E-state index contributed by atoms with van der Waals surface area (Å²) in [5.41, 5.74) is 1.12. The lowest BCUT2D eigenvalue weighted by Gasteiger charge is -1.98. The van der Waals surface area contributed by atoms with Crippen LogP contribution in [0.15, 0.2) is 47.3 Å². The van der Waals surface area contributed by atoms with E-state index in [4.69, 9.17) is 0 Å². The van der Waals surface area contributed by atoms with E-state index in [-0.39, 0.29) is 11.4 Å². The number of nitrogens with one attached hydrogen (secondary N) is 1. The van der Waals surface area contributed by atoms with Crippen LogP contribution in [0.2, 0.25) is 0 Å². The van der Waals surface area contributed by atoms with Gasteiger partial charge in [-0.15, -0.1) is 0 Å². The van der Waals surface area contributed by atoms with Gasteiger partial charge in [0.15, 0.2) is 5.82 Å². The van der Waals surface area contributed by atoms with Gasteiger partial charge in [-0.2, -0.15) is 5.10 Å². The van der Waals surface area contributed by atoms with Crippen molar-refractivity contribution in [1.82, 2.24) is 14.6 Å². The van der Waals surface area contributed by atoms with Crippen LogP contribution in [-0.4, -0.2) is 14.6 Å². The molecule has 0 bridgehead atoms. The highest BCUT2D eigenvalue weighted by Crippen LogP contribution is 2.16. The molecule has 2 heterocycles. The quantitative estimate of drug-likeness (QED) is 0.692. The monoisotopic (exact) mass is 229 g/mol. The van der Waals surface area contributed by atoms with Crippen molar-refractivity contribution >= 4 is 5.65 Å². The molecule has 0 fully saturated rings. The number of benzene rings is 1. The average molecular weight is 229 g/mol. The van der Waals surface area contributed by atoms with Gasteiger partial charge in [-0.05, 0) is 30.3 Å². The van der Waals surface area contributed by atoms with Crippen LogP contribution in [0.25, 0.3) is 17.0 Å². The molecule has 4 nitrogen and oxygen atoms in total. The Kier molecular flexibility index (Phi) is 2.04. The second kappa shape index (κ2) is 3.55. The second-order valence-corrected chi connectivity index (χ2v) is 3.64. The molecule has 0 aliphatic carbocycles. The highest BCUT2D eigenvalue weighted by molar-refractivity contribution is 5.59. The predicted octanol–water partition coefficient (Wildman–Crippen LogP) is 1.83. The number of rotatable bonds is 1. The van der Waals surface area contributed by atoms with Gasteiger partial charge in [-0.25, -0.2) is 8.79 Å². The average Bonchev–Trinajstić information content (AvgIpc) is 2.75. The Balaban J connectivity index is 2.31. The SMILES string of the molecule is O=c1cccc2[nH]nc(-c3ccc(F)cc3)n12. The summed E-state index contributed by atoms with van der Waals surface area (Å²) in [5.74, 6) is 0.159. The second-order valence-electron chi connectivity index (χ2n) is 3.64. The zero-order valence-corrected chi connectivity index (χ0v) is 8.72. The van der Waals surface area contributed by atoms with E-state index in [1.165, 1.54) is 22.6 Å². The van der Waals surface area contributed by atoms with E-state index in [1.54, 1.807) is 24.3 Å². The Labute approximate surface area is 95.3 Å². The fourth-order valence-electron chi connectivity index (χ4n) is 1.75. The van der Waals surface area contributed by atoms with Crippen LogP contribution in [0.3, 0.4) is 0 Å². The van der Waals surface area contributed by atoms with Crippen LogP contribution in [0.1, 0.15) is 0 Å². The van der Waals surface area contributed by atoms with Gasteiger partial charge in [0, 0.05) is 11.6 Å². The van der Waals surface area contributed by atoms with Crippen molar-refractivity contribution in [1.29, 1.82) is 0 Å².